The van der Waals surface area contributed by atoms with Crippen molar-refractivity contribution in [2.75, 3.05) is 13.1 Å². The lowest BCUT2D eigenvalue weighted by Crippen LogP contribution is -2.43. The Hall–Kier alpha value is -1.37. The molecule has 0 aliphatic carbocycles. The predicted octanol–water partition coefficient (Wildman–Crippen LogP) is 2.63. The second-order valence-electron chi connectivity index (χ2n) is 5.58. The van der Waals surface area contributed by atoms with E-state index in [1.165, 1.54) is 19.3 Å². The maximum absolute atomic E-state index is 9.44. The number of nitriles is 1. The average molecular weight is 257 g/mol. The zero-order chi connectivity index (χ0) is 13.7. The summed E-state index contributed by atoms with van der Waals surface area (Å²) in [6.07, 6.45) is 4.54. The molecule has 2 unspecified atom stereocenters. The zero-order valence-electron chi connectivity index (χ0n) is 11.7. The third-order valence-corrected chi connectivity index (χ3v) is 4.22. The van der Waals surface area contributed by atoms with E-state index in [4.69, 9.17) is 5.73 Å². The van der Waals surface area contributed by atoms with E-state index in [2.05, 4.69) is 17.9 Å². The molecule has 102 valence electrons. The smallest absolute Gasteiger partial charge is 0.131 e. The maximum atomic E-state index is 9.44. The molecular weight excluding hydrogens is 234 g/mol. The molecule has 0 aromatic heterocycles. The highest BCUT2D eigenvalue weighted by Gasteiger charge is 2.29. The number of hydrogen-bond donors (Lipinski definition) is 1. The lowest BCUT2D eigenvalue weighted by molar-refractivity contribution is 0.151. The molecule has 1 aliphatic rings. The Morgan fingerprint density at radius 1 is 1.37 bits per heavy atom. The molecule has 3 nitrogen and oxygen atoms in total. The van der Waals surface area contributed by atoms with E-state index in [-0.39, 0.29) is 0 Å². The first-order chi connectivity index (χ1) is 9.15. The van der Waals surface area contributed by atoms with Gasteiger partial charge in [0.05, 0.1) is 6.07 Å². The number of piperidine rings is 1. The van der Waals surface area contributed by atoms with Gasteiger partial charge >= 0.3 is 0 Å². The maximum Gasteiger partial charge on any atom is 0.131 e. The Labute approximate surface area is 116 Å². The molecule has 2 atom stereocenters. The number of hydrogen-bond acceptors (Lipinski definition) is 3. The van der Waals surface area contributed by atoms with Crippen molar-refractivity contribution in [3.8, 4) is 6.07 Å². The Kier molecular flexibility index (Phi) is 4.57. The van der Waals surface area contributed by atoms with Gasteiger partial charge in [-0.05, 0) is 38.3 Å². The lowest BCUT2D eigenvalue weighted by atomic mass is 9.88. The van der Waals surface area contributed by atoms with Crippen molar-refractivity contribution in [2.24, 2.45) is 5.73 Å². The number of likely N-dealkylation sites (tertiary alicyclic amines) is 1. The normalized spacial score (nSPS) is 23.5. The first-order valence-electron chi connectivity index (χ1n) is 7.15. The largest absolute Gasteiger partial charge is 0.310 e. The monoisotopic (exact) mass is 257 g/mol. The van der Waals surface area contributed by atoms with Gasteiger partial charge in [0.15, 0.2) is 0 Å². The van der Waals surface area contributed by atoms with Crippen LogP contribution >= 0.6 is 0 Å². The summed E-state index contributed by atoms with van der Waals surface area (Å²) in [7, 11) is 0. The number of benzene rings is 1. The summed E-state index contributed by atoms with van der Waals surface area (Å²) in [5.41, 5.74) is 6.35. The Bertz CT molecular complexity index is 437. The van der Waals surface area contributed by atoms with E-state index in [1.807, 2.05) is 30.3 Å². The van der Waals surface area contributed by atoms with E-state index >= 15 is 0 Å². The number of rotatable bonds is 4. The van der Waals surface area contributed by atoms with Crippen LogP contribution in [-0.2, 0) is 5.54 Å². The summed E-state index contributed by atoms with van der Waals surface area (Å²) in [4.78, 5) is 2.46. The standard InChI is InChI=1S/C16H23N3/c1-14-7-5-6-11-19(14)12-10-16(18,13-17)15-8-3-2-4-9-15/h2-4,8-9,14H,5-7,10-12,18H2,1H3. The quantitative estimate of drug-likeness (QED) is 0.902. The fourth-order valence-corrected chi connectivity index (χ4v) is 2.81. The van der Waals surface area contributed by atoms with Gasteiger partial charge < -0.3 is 10.6 Å². The van der Waals surface area contributed by atoms with Gasteiger partial charge in [-0.1, -0.05) is 36.8 Å². The van der Waals surface area contributed by atoms with Crippen molar-refractivity contribution in [3.63, 3.8) is 0 Å². The first-order valence-corrected chi connectivity index (χ1v) is 7.15. The van der Waals surface area contributed by atoms with Crippen LogP contribution in [0.2, 0.25) is 0 Å². The average Bonchev–Trinajstić information content (AvgIpc) is 2.47. The van der Waals surface area contributed by atoms with Crippen LogP contribution in [0.15, 0.2) is 30.3 Å². The number of nitrogens with zero attached hydrogens (tertiary/aromatic N) is 2. The Morgan fingerprint density at radius 2 is 2.11 bits per heavy atom. The second-order valence-corrected chi connectivity index (χ2v) is 5.58. The van der Waals surface area contributed by atoms with Gasteiger partial charge in [0.25, 0.3) is 0 Å². The molecule has 1 aromatic rings. The molecule has 0 amide bonds. The molecule has 1 heterocycles. The van der Waals surface area contributed by atoms with Crippen LogP contribution in [0.3, 0.4) is 0 Å². The number of nitrogens with two attached hydrogens (primary N) is 1. The molecule has 1 fully saturated rings. The highest BCUT2D eigenvalue weighted by atomic mass is 15.2. The van der Waals surface area contributed by atoms with E-state index < -0.39 is 5.54 Å². The summed E-state index contributed by atoms with van der Waals surface area (Å²) >= 11 is 0. The minimum Gasteiger partial charge on any atom is -0.310 e. The van der Waals surface area contributed by atoms with Crippen LogP contribution in [0.25, 0.3) is 0 Å². The molecule has 0 saturated carbocycles. The van der Waals surface area contributed by atoms with Crippen molar-refractivity contribution >= 4 is 0 Å². The third kappa shape index (κ3) is 3.34. The minimum absolute atomic E-state index is 0.618. The van der Waals surface area contributed by atoms with Crippen molar-refractivity contribution in [1.82, 2.24) is 4.90 Å². The summed E-state index contributed by atoms with van der Waals surface area (Å²) in [5.74, 6) is 0. The summed E-state index contributed by atoms with van der Waals surface area (Å²) in [6, 6.07) is 12.6. The molecule has 0 radical (unpaired) electrons. The fraction of sp³-hybridized carbons (Fsp3) is 0.562. The van der Waals surface area contributed by atoms with Crippen LogP contribution < -0.4 is 5.73 Å². The SMILES string of the molecule is CC1CCCCN1CCC(N)(C#N)c1ccccc1. The summed E-state index contributed by atoms with van der Waals surface area (Å²) in [5, 5.41) is 9.44. The molecule has 1 aliphatic heterocycles. The van der Waals surface area contributed by atoms with E-state index in [9.17, 15) is 5.26 Å². The van der Waals surface area contributed by atoms with E-state index in [0.29, 0.717) is 12.5 Å². The van der Waals surface area contributed by atoms with Gasteiger partial charge in [-0.15, -0.1) is 0 Å². The van der Waals surface area contributed by atoms with Crippen LogP contribution in [-0.4, -0.2) is 24.0 Å². The highest BCUT2D eigenvalue weighted by molar-refractivity contribution is 5.30. The molecule has 19 heavy (non-hydrogen) atoms. The van der Waals surface area contributed by atoms with Gasteiger partial charge in [0.1, 0.15) is 5.54 Å². The van der Waals surface area contributed by atoms with Crippen LogP contribution in [0.5, 0.6) is 0 Å². The summed E-state index contributed by atoms with van der Waals surface area (Å²) < 4.78 is 0. The molecule has 1 aromatic carbocycles. The lowest BCUT2D eigenvalue weighted by Gasteiger charge is -2.35. The van der Waals surface area contributed by atoms with Gasteiger partial charge in [0.2, 0.25) is 0 Å². The summed E-state index contributed by atoms with van der Waals surface area (Å²) in [6.45, 7) is 4.31. The van der Waals surface area contributed by atoms with E-state index in [1.54, 1.807) is 0 Å². The van der Waals surface area contributed by atoms with E-state index in [0.717, 1.165) is 18.7 Å². The molecule has 0 spiro atoms. The zero-order valence-corrected chi connectivity index (χ0v) is 11.7. The highest BCUT2D eigenvalue weighted by Crippen LogP contribution is 2.24. The van der Waals surface area contributed by atoms with Gasteiger partial charge in [-0.2, -0.15) is 5.26 Å². The van der Waals surface area contributed by atoms with Crippen molar-refractivity contribution < 1.29 is 0 Å². The molecule has 2 rings (SSSR count). The first kappa shape index (κ1) is 14.0. The van der Waals surface area contributed by atoms with Gasteiger partial charge in [-0.3, -0.25) is 0 Å². The minimum atomic E-state index is -0.863. The van der Waals surface area contributed by atoms with Gasteiger partial charge in [0, 0.05) is 12.6 Å². The Balaban J connectivity index is 2.01. The van der Waals surface area contributed by atoms with Gasteiger partial charge in [-0.25, -0.2) is 0 Å². The second kappa shape index (κ2) is 6.18. The predicted molar refractivity (Wildman–Crippen MR) is 77.4 cm³/mol. The van der Waals surface area contributed by atoms with Crippen LogP contribution in [0.1, 0.15) is 38.2 Å². The van der Waals surface area contributed by atoms with Crippen LogP contribution in [0, 0.1) is 11.3 Å². The third-order valence-electron chi connectivity index (χ3n) is 4.22. The van der Waals surface area contributed by atoms with Crippen LogP contribution in [0.4, 0.5) is 0 Å². The Morgan fingerprint density at radius 3 is 2.74 bits per heavy atom. The van der Waals surface area contributed by atoms with Crippen molar-refractivity contribution in [2.45, 2.75) is 44.2 Å². The van der Waals surface area contributed by atoms with Crippen molar-refractivity contribution in [1.29, 1.82) is 5.26 Å². The molecule has 0 bridgehead atoms. The fourth-order valence-electron chi connectivity index (χ4n) is 2.81. The molecule has 3 heteroatoms. The van der Waals surface area contributed by atoms with Crippen molar-refractivity contribution in [3.05, 3.63) is 35.9 Å². The molecule has 1 saturated heterocycles. The molecular formula is C16H23N3. The molecule has 2 N–H and O–H groups in total. The topological polar surface area (TPSA) is 53.0 Å².